The summed E-state index contributed by atoms with van der Waals surface area (Å²) in [4.78, 5) is 23.7. The quantitative estimate of drug-likeness (QED) is 0.632. The average Bonchev–Trinajstić information content (AvgIpc) is 2.44. The zero-order valence-corrected chi connectivity index (χ0v) is 12.0. The first-order valence-corrected chi connectivity index (χ1v) is 6.69. The van der Waals surface area contributed by atoms with Gasteiger partial charge in [-0.15, -0.1) is 11.8 Å². The summed E-state index contributed by atoms with van der Waals surface area (Å²) < 4.78 is 9.57. The number of carbonyl (C=O) groups is 2. The van der Waals surface area contributed by atoms with Gasteiger partial charge in [0.15, 0.2) is 0 Å². The van der Waals surface area contributed by atoms with Crippen molar-refractivity contribution in [2.45, 2.75) is 17.9 Å². The van der Waals surface area contributed by atoms with Gasteiger partial charge < -0.3 is 14.8 Å². The van der Waals surface area contributed by atoms with Crippen molar-refractivity contribution in [2.24, 2.45) is 0 Å². The topological polar surface area (TPSA) is 64.6 Å². The minimum atomic E-state index is -0.631. The second-order valence-electron chi connectivity index (χ2n) is 3.78. The molecule has 1 atom stereocenters. The van der Waals surface area contributed by atoms with E-state index in [1.165, 1.54) is 18.9 Å². The highest BCUT2D eigenvalue weighted by molar-refractivity contribution is 8.00. The lowest BCUT2D eigenvalue weighted by atomic mass is 10.3. The maximum Gasteiger partial charge on any atom is 0.328 e. The molecule has 0 aliphatic carbocycles. The van der Waals surface area contributed by atoms with Gasteiger partial charge in [-0.3, -0.25) is 4.79 Å². The van der Waals surface area contributed by atoms with Crippen LogP contribution in [-0.2, 0) is 14.3 Å². The standard InChI is InChI=1S/C13H17NO4S/c1-9(13(16)18-3)14-12(15)8-19-11-6-4-10(17-2)5-7-11/h4-7,9H,8H2,1-3H3,(H,14,15). The monoisotopic (exact) mass is 283 g/mol. The third kappa shape index (κ3) is 5.21. The van der Waals surface area contributed by atoms with Crippen LogP contribution < -0.4 is 10.1 Å². The molecule has 0 aromatic heterocycles. The Morgan fingerprint density at radius 1 is 1.26 bits per heavy atom. The highest BCUT2D eigenvalue weighted by atomic mass is 32.2. The Balaban J connectivity index is 2.39. The van der Waals surface area contributed by atoms with Crippen LogP contribution in [0.25, 0.3) is 0 Å². The van der Waals surface area contributed by atoms with Crippen molar-refractivity contribution in [1.82, 2.24) is 5.32 Å². The minimum Gasteiger partial charge on any atom is -0.497 e. The fourth-order valence-corrected chi connectivity index (χ4v) is 2.05. The molecular weight excluding hydrogens is 266 g/mol. The molecule has 0 aliphatic heterocycles. The van der Waals surface area contributed by atoms with Crippen LogP contribution in [0.3, 0.4) is 0 Å². The molecule has 0 fully saturated rings. The Morgan fingerprint density at radius 2 is 1.89 bits per heavy atom. The summed E-state index contributed by atoms with van der Waals surface area (Å²) in [7, 11) is 2.89. The highest BCUT2D eigenvalue weighted by Crippen LogP contribution is 2.20. The van der Waals surface area contributed by atoms with Crippen LogP contribution in [0.5, 0.6) is 5.75 Å². The zero-order valence-electron chi connectivity index (χ0n) is 11.1. The van der Waals surface area contributed by atoms with Gasteiger partial charge in [-0.05, 0) is 31.2 Å². The lowest BCUT2D eigenvalue weighted by Gasteiger charge is -2.11. The van der Waals surface area contributed by atoms with Gasteiger partial charge in [0.2, 0.25) is 5.91 Å². The Kier molecular flexibility index (Phi) is 6.21. The molecule has 19 heavy (non-hydrogen) atoms. The first-order valence-electron chi connectivity index (χ1n) is 5.71. The van der Waals surface area contributed by atoms with Crippen molar-refractivity contribution >= 4 is 23.6 Å². The maximum atomic E-state index is 11.6. The van der Waals surface area contributed by atoms with Crippen molar-refractivity contribution in [3.05, 3.63) is 24.3 Å². The summed E-state index contributed by atoms with van der Waals surface area (Å²) >= 11 is 1.39. The number of esters is 1. The molecule has 6 heteroatoms. The molecule has 1 N–H and O–H groups in total. The molecule has 0 spiro atoms. The van der Waals surface area contributed by atoms with Gasteiger partial charge in [0.1, 0.15) is 11.8 Å². The third-order valence-corrected chi connectivity index (χ3v) is 3.37. The molecule has 1 unspecified atom stereocenters. The summed E-state index contributed by atoms with van der Waals surface area (Å²) in [6.45, 7) is 1.59. The van der Waals surface area contributed by atoms with Crippen LogP contribution in [0.1, 0.15) is 6.92 Å². The molecule has 104 valence electrons. The first-order chi connectivity index (χ1) is 9.06. The molecule has 0 radical (unpaired) electrons. The number of nitrogens with one attached hydrogen (secondary N) is 1. The number of ether oxygens (including phenoxy) is 2. The Bertz CT molecular complexity index is 433. The van der Waals surface area contributed by atoms with Crippen molar-refractivity contribution in [3.8, 4) is 5.75 Å². The Labute approximate surface area is 116 Å². The van der Waals surface area contributed by atoms with Gasteiger partial charge >= 0.3 is 5.97 Å². The Morgan fingerprint density at radius 3 is 2.42 bits per heavy atom. The van der Waals surface area contributed by atoms with Crippen molar-refractivity contribution in [1.29, 1.82) is 0 Å². The van der Waals surface area contributed by atoms with Gasteiger partial charge in [-0.25, -0.2) is 4.79 Å². The molecule has 1 aromatic rings. The van der Waals surface area contributed by atoms with E-state index < -0.39 is 12.0 Å². The number of hydrogen-bond acceptors (Lipinski definition) is 5. The third-order valence-electron chi connectivity index (χ3n) is 2.36. The lowest BCUT2D eigenvalue weighted by Crippen LogP contribution is -2.40. The van der Waals surface area contributed by atoms with Crippen LogP contribution in [0.2, 0.25) is 0 Å². The van der Waals surface area contributed by atoms with E-state index in [-0.39, 0.29) is 11.7 Å². The molecule has 0 heterocycles. The minimum absolute atomic E-state index is 0.210. The van der Waals surface area contributed by atoms with Gasteiger partial charge in [0.25, 0.3) is 0 Å². The van der Waals surface area contributed by atoms with E-state index in [1.54, 1.807) is 14.0 Å². The van der Waals surface area contributed by atoms with E-state index in [0.717, 1.165) is 10.6 Å². The predicted molar refractivity (Wildman–Crippen MR) is 73.3 cm³/mol. The maximum absolute atomic E-state index is 11.6. The highest BCUT2D eigenvalue weighted by Gasteiger charge is 2.15. The number of carbonyl (C=O) groups excluding carboxylic acids is 2. The average molecular weight is 283 g/mol. The molecule has 1 amide bonds. The largest absolute Gasteiger partial charge is 0.497 e. The number of thioether (sulfide) groups is 1. The predicted octanol–water partition coefficient (Wildman–Crippen LogP) is 1.46. The van der Waals surface area contributed by atoms with E-state index in [2.05, 4.69) is 10.1 Å². The summed E-state index contributed by atoms with van der Waals surface area (Å²) in [5, 5.41) is 2.56. The fourth-order valence-electron chi connectivity index (χ4n) is 1.34. The molecule has 1 rings (SSSR count). The number of amides is 1. The van der Waals surface area contributed by atoms with Crippen molar-refractivity contribution in [3.63, 3.8) is 0 Å². The van der Waals surface area contributed by atoms with Crippen LogP contribution in [0.15, 0.2) is 29.2 Å². The summed E-state index contributed by atoms with van der Waals surface area (Å²) in [6, 6.07) is 6.78. The van der Waals surface area contributed by atoms with E-state index in [9.17, 15) is 9.59 Å². The van der Waals surface area contributed by atoms with E-state index in [0.29, 0.717) is 0 Å². The smallest absolute Gasteiger partial charge is 0.328 e. The lowest BCUT2D eigenvalue weighted by molar-refractivity contribution is -0.144. The first kappa shape index (κ1) is 15.4. The van der Waals surface area contributed by atoms with E-state index >= 15 is 0 Å². The molecule has 0 aliphatic rings. The second-order valence-corrected chi connectivity index (χ2v) is 4.83. The fraction of sp³-hybridized carbons (Fsp3) is 0.385. The van der Waals surface area contributed by atoms with Crippen molar-refractivity contribution < 1.29 is 19.1 Å². The van der Waals surface area contributed by atoms with E-state index in [1.807, 2.05) is 24.3 Å². The molecular formula is C13H17NO4S. The number of methoxy groups -OCH3 is 2. The van der Waals surface area contributed by atoms with Gasteiger partial charge in [-0.2, -0.15) is 0 Å². The molecule has 5 nitrogen and oxygen atoms in total. The van der Waals surface area contributed by atoms with Crippen molar-refractivity contribution in [2.75, 3.05) is 20.0 Å². The van der Waals surface area contributed by atoms with Gasteiger partial charge in [0, 0.05) is 4.90 Å². The van der Waals surface area contributed by atoms with Crippen LogP contribution in [-0.4, -0.2) is 37.9 Å². The van der Waals surface area contributed by atoms with Crippen LogP contribution >= 0.6 is 11.8 Å². The summed E-state index contributed by atoms with van der Waals surface area (Å²) in [5.74, 6) is 0.350. The van der Waals surface area contributed by atoms with E-state index in [4.69, 9.17) is 4.74 Å². The number of benzene rings is 1. The van der Waals surface area contributed by atoms with Crippen LogP contribution in [0, 0.1) is 0 Å². The molecule has 0 saturated carbocycles. The number of hydrogen-bond donors (Lipinski definition) is 1. The number of rotatable bonds is 6. The van der Waals surface area contributed by atoms with Gasteiger partial charge in [0.05, 0.1) is 20.0 Å². The molecule has 0 saturated heterocycles. The summed E-state index contributed by atoms with van der Waals surface area (Å²) in [5.41, 5.74) is 0. The molecule has 1 aromatic carbocycles. The second kappa shape index (κ2) is 7.68. The summed E-state index contributed by atoms with van der Waals surface area (Å²) in [6.07, 6.45) is 0. The van der Waals surface area contributed by atoms with Gasteiger partial charge in [-0.1, -0.05) is 0 Å². The van der Waals surface area contributed by atoms with Crippen LogP contribution in [0.4, 0.5) is 0 Å². The SMILES string of the molecule is COC(=O)C(C)NC(=O)CSc1ccc(OC)cc1. The Hall–Kier alpha value is -1.69. The zero-order chi connectivity index (χ0) is 14.3. The molecule has 0 bridgehead atoms. The normalized spacial score (nSPS) is 11.5.